The highest BCUT2D eigenvalue weighted by molar-refractivity contribution is 6.31. The Kier molecular flexibility index (Phi) is 7.67. The molecular weight excluding hydrogens is 478 g/mol. The van der Waals surface area contributed by atoms with Gasteiger partial charge in [0.25, 0.3) is 0 Å². The van der Waals surface area contributed by atoms with Gasteiger partial charge in [0.05, 0.1) is 17.4 Å². The van der Waals surface area contributed by atoms with Crippen LogP contribution in [0.4, 0.5) is 14.6 Å². The molecule has 0 saturated heterocycles. The van der Waals surface area contributed by atoms with Crippen molar-refractivity contribution in [2.24, 2.45) is 0 Å². The van der Waals surface area contributed by atoms with E-state index in [2.05, 4.69) is 41.0 Å². The fourth-order valence-electron chi connectivity index (χ4n) is 4.12. The van der Waals surface area contributed by atoms with Gasteiger partial charge in [0.15, 0.2) is 23.7 Å². The minimum Gasteiger partial charge on any atom is -0.365 e. The van der Waals surface area contributed by atoms with E-state index in [9.17, 15) is 13.6 Å². The highest BCUT2D eigenvalue weighted by atomic mass is 35.5. The molecule has 0 spiro atoms. The van der Waals surface area contributed by atoms with Crippen molar-refractivity contribution in [2.75, 3.05) is 12.4 Å². The van der Waals surface area contributed by atoms with E-state index in [0.29, 0.717) is 46.0 Å². The van der Waals surface area contributed by atoms with Crippen molar-refractivity contribution >= 4 is 34.6 Å². The van der Waals surface area contributed by atoms with Gasteiger partial charge < -0.3 is 15.6 Å². The van der Waals surface area contributed by atoms with Gasteiger partial charge in [0.2, 0.25) is 0 Å². The first-order chi connectivity index (χ1) is 16.9. The first kappa shape index (κ1) is 24.7. The number of halogens is 3. The standard InChI is InChI=1S/C19H20ClF2N5.C4H5N3O/c1-23-11-3-2-4-12(7-11)26-19-16(22)9-25-18(27-19)14-8-24-17-13(14)5-10(20)6-15(17)21;1-3-4(2-8)6-7-5-3/h5-6,8-9,11-12,23-24H,2-4,7H2,1H3,(H,25,26,27);2H,1H3,(H,5,6,7)/t11-,12+;/m1./s1. The van der Waals surface area contributed by atoms with E-state index in [1.54, 1.807) is 19.2 Å². The lowest BCUT2D eigenvalue weighted by Gasteiger charge is -2.29. The number of hydrogen-bond donors (Lipinski definition) is 4. The smallest absolute Gasteiger partial charge is 0.183 e. The number of nitrogens with one attached hydrogen (secondary N) is 4. The molecule has 3 heterocycles. The van der Waals surface area contributed by atoms with Crippen LogP contribution in [0.2, 0.25) is 5.02 Å². The average Bonchev–Trinajstić information content (AvgIpc) is 3.47. The summed E-state index contributed by atoms with van der Waals surface area (Å²) in [4.78, 5) is 21.3. The van der Waals surface area contributed by atoms with Gasteiger partial charge in [-0.15, -0.1) is 0 Å². The lowest BCUT2D eigenvalue weighted by Crippen LogP contribution is -2.37. The Morgan fingerprint density at radius 2 is 1.97 bits per heavy atom. The Morgan fingerprint density at radius 1 is 1.17 bits per heavy atom. The number of carbonyl (C=O) groups is 1. The summed E-state index contributed by atoms with van der Waals surface area (Å²) in [6.07, 6.45) is 7.48. The number of fused-ring (bicyclic) bond motifs is 1. The maximum Gasteiger partial charge on any atom is 0.183 e. The zero-order valence-electron chi connectivity index (χ0n) is 19.2. The maximum absolute atomic E-state index is 14.3. The zero-order chi connectivity index (χ0) is 24.9. The van der Waals surface area contributed by atoms with Gasteiger partial charge >= 0.3 is 0 Å². The van der Waals surface area contributed by atoms with Crippen molar-refractivity contribution in [3.63, 3.8) is 0 Å². The minimum absolute atomic E-state index is 0.142. The van der Waals surface area contributed by atoms with Crippen molar-refractivity contribution in [1.82, 2.24) is 35.7 Å². The van der Waals surface area contributed by atoms with Crippen LogP contribution in [0, 0.1) is 18.6 Å². The summed E-state index contributed by atoms with van der Waals surface area (Å²) < 4.78 is 28.4. The Balaban J connectivity index is 0.000000308. The molecular formula is C23H25ClF2N8O. The van der Waals surface area contributed by atoms with E-state index < -0.39 is 11.6 Å². The number of H-pyrrole nitrogens is 2. The number of hydrogen-bond acceptors (Lipinski definition) is 7. The molecule has 184 valence electrons. The summed E-state index contributed by atoms with van der Waals surface area (Å²) in [5.41, 5.74) is 1.91. The average molecular weight is 503 g/mol. The quantitative estimate of drug-likeness (QED) is 0.298. The summed E-state index contributed by atoms with van der Waals surface area (Å²) >= 11 is 5.98. The molecule has 12 heteroatoms. The monoisotopic (exact) mass is 502 g/mol. The second kappa shape index (κ2) is 10.9. The zero-order valence-corrected chi connectivity index (χ0v) is 20.0. The van der Waals surface area contributed by atoms with E-state index in [1.807, 2.05) is 7.05 Å². The number of rotatable bonds is 5. The van der Waals surface area contributed by atoms with E-state index in [1.165, 1.54) is 6.07 Å². The molecule has 0 bridgehead atoms. The fraction of sp³-hybridized carbons (Fsp3) is 0.348. The maximum atomic E-state index is 14.3. The van der Waals surface area contributed by atoms with Crippen molar-refractivity contribution in [2.45, 2.75) is 44.7 Å². The van der Waals surface area contributed by atoms with E-state index in [-0.39, 0.29) is 16.9 Å². The molecule has 4 aromatic rings. The third-order valence-corrected chi connectivity index (χ3v) is 6.20. The number of aryl methyl sites for hydroxylation is 1. The Labute approximate surface area is 205 Å². The number of nitrogens with zero attached hydrogens (tertiary/aromatic N) is 4. The van der Waals surface area contributed by atoms with Crippen molar-refractivity contribution < 1.29 is 13.6 Å². The van der Waals surface area contributed by atoms with Gasteiger partial charge in [0.1, 0.15) is 11.5 Å². The molecule has 0 aliphatic heterocycles. The molecule has 1 fully saturated rings. The summed E-state index contributed by atoms with van der Waals surface area (Å²) in [6, 6.07) is 3.44. The molecule has 1 aliphatic carbocycles. The minimum atomic E-state index is -0.505. The number of benzene rings is 1. The SMILES string of the molecule is CN[C@@H]1CCC[C@H](Nc2nc(-c3c[nH]c4c(F)cc(Cl)cc34)ncc2F)C1.Cc1n[nH]nc1C=O. The first-order valence-electron chi connectivity index (χ1n) is 11.1. The second-order valence-electron chi connectivity index (χ2n) is 8.31. The van der Waals surface area contributed by atoms with Crippen molar-refractivity contribution in [3.8, 4) is 11.4 Å². The van der Waals surface area contributed by atoms with E-state index >= 15 is 0 Å². The van der Waals surface area contributed by atoms with Gasteiger partial charge in [-0.25, -0.2) is 18.7 Å². The fourth-order valence-corrected chi connectivity index (χ4v) is 4.32. The van der Waals surface area contributed by atoms with Crippen molar-refractivity contribution in [1.29, 1.82) is 0 Å². The Morgan fingerprint density at radius 3 is 2.66 bits per heavy atom. The highest BCUT2D eigenvalue weighted by Crippen LogP contribution is 2.31. The second-order valence-corrected chi connectivity index (χ2v) is 8.74. The lowest BCUT2D eigenvalue weighted by atomic mass is 9.91. The van der Waals surface area contributed by atoms with Crippen LogP contribution >= 0.6 is 11.6 Å². The van der Waals surface area contributed by atoms with Gasteiger partial charge in [0, 0.05) is 34.3 Å². The molecule has 0 unspecified atom stereocenters. The number of aromatic nitrogens is 6. The van der Waals surface area contributed by atoms with Crippen LogP contribution < -0.4 is 10.6 Å². The van der Waals surface area contributed by atoms with Gasteiger partial charge in [-0.2, -0.15) is 15.4 Å². The van der Waals surface area contributed by atoms with Crippen LogP contribution in [0.25, 0.3) is 22.3 Å². The third-order valence-electron chi connectivity index (χ3n) is 5.98. The molecule has 0 amide bonds. The van der Waals surface area contributed by atoms with Crippen LogP contribution in [-0.2, 0) is 0 Å². The summed E-state index contributed by atoms with van der Waals surface area (Å²) in [7, 11) is 1.94. The largest absolute Gasteiger partial charge is 0.365 e. The van der Waals surface area contributed by atoms with Crippen LogP contribution in [0.1, 0.15) is 41.9 Å². The predicted octanol–water partition coefficient (Wildman–Crippen LogP) is 4.42. The molecule has 35 heavy (non-hydrogen) atoms. The molecule has 5 rings (SSSR count). The van der Waals surface area contributed by atoms with Crippen LogP contribution in [-0.4, -0.2) is 55.8 Å². The lowest BCUT2D eigenvalue weighted by molar-refractivity contribution is 0.111. The molecule has 4 N–H and O–H groups in total. The molecule has 2 atom stereocenters. The summed E-state index contributed by atoms with van der Waals surface area (Å²) in [6.45, 7) is 1.72. The molecule has 3 aromatic heterocycles. The van der Waals surface area contributed by atoms with E-state index in [4.69, 9.17) is 11.6 Å². The van der Waals surface area contributed by atoms with Crippen LogP contribution in [0.5, 0.6) is 0 Å². The number of anilines is 1. The van der Waals surface area contributed by atoms with Gasteiger partial charge in [-0.3, -0.25) is 4.79 Å². The number of carbonyl (C=O) groups excluding carboxylic acids is 1. The van der Waals surface area contributed by atoms with Crippen LogP contribution in [0.3, 0.4) is 0 Å². The molecule has 9 nitrogen and oxygen atoms in total. The Bertz CT molecular complexity index is 1320. The topological polar surface area (TPSA) is 124 Å². The predicted molar refractivity (Wildman–Crippen MR) is 129 cm³/mol. The first-order valence-corrected chi connectivity index (χ1v) is 11.5. The van der Waals surface area contributed by atoms with E-state index in [0.717, 1.165) is 31.9 Å². The molecule has 0 radical (unpaired) electrons. The molecule has 1 aromatic carbocycles. The van der Waals surface area contributed by atoms with Gasteiger partial charge in [-0.05, 0) is 51.8 Å². The number of aromatic amines is 2. The van der Waals surface area contributed by atoms with Gasteiger partial charge in [-0.1, -0.05) is 11.6 Å². The third kappa shape index (κ3) is 5.63. The molecule has 1 aliphatic rings. The molecule has 1 saturated carbocycles. The highest BCUT2D eigenvalue weighted by Gasteiger charge is 2.23. The number of aldehydes is 1. The summed E-state index contributed by atoms with van der Waals surface area (Å²) in [5.74, 6) is -0.481. The van der Waals surface area contributed by atoms with Crippen LogP contribution in [0.15, 0.2) is 24.5 Å². The van der Waals surface area contributed by atoms with Crippen molar-refractivity contribution in [3.05, 3.63) is 52.6 Å². The normalized spacial score (nSPS) is 17.6. The summed E-state index contributed by atoms with van der Waals surface area (Å²) in [5, 5.41) is 16.8. The Hall–Kier alpha value is -3.44.